The van der Waals surface area contributed by atoms with Gasteiger partial charge in [0.15, 0.2) is 0 Å². The van der Waals surface area contributed by atoms with E-state index in [4.69, 9.17) is 5.21 Å². The molecule has 0 radical (unpaired) electrons. The molecule has 0 bridgehead atoms. The van der Waals surface area contributed by atoms with E-state index in [1.807, 2.05) is 36.5 Å². The number of aromatic amines is 1. The zero-order valence-electron chi connectivity index (χ0n) is 16.1. The molecule has 0 unspecified atom stereocenters. The molecule has 0 atom stereocenters. The average Bonchev–Trinajstić information content (AvgIpc) is 3.20. The number of carbonyl (C=O) groups excluding carboxylic acids is 1. The van der Waals surface area contributed by atoms with Gasteiger partial charge in [-0.3, -0.25) is 14.9 Å². The van der Waals surface area contributed by atoms with Crippen LogP contribution in [-0.4, -0.2) is 33.8 Å². The first kappa shape index (κ1) is 20.4. The van der Waals surface area contributed by atoms with E-state index in [-0.39, 0.29) is 6.42 Å². The molecule has 3 aromatic rings. The first-order valence-corrected chi connectivity index (χ1v) is 9.69. The third kappa shape index (κ3) is 5.36. The van der Waals surface area contributed by atoms with Crippen molar-refractivity contribution in [1.29, 1.82) is 0 Å². The van der Waals surface area contributed by atoms with Crippen molar-refractivity contribution in [3.05, 3.63) is 54.7 Å². The van der Waals surface area contributed by atoms with Gasteiger partial charge in [-0.1, -0.05) is 37.1 Å². The third-order valence-corrected chi connectivity index (χ3v) is 4.96. The Hall–Kier alpha value is -3.32. The normalized spacial score (nSPS) is 10.8. The molecule has 0 fully saturated rings. The summed E-state index contributed by atoms with van der Waals surface area (Å²) in [5, 5.41) is 19.2. The van der Waals surface area contributed by atoms with E-state index >= 15 is 0 Å². The van der Waals surface area contributed by atoms with Crippen molar-refractivity contribution in [1.82, 2.24) is 10.5 Å². The summed E-state index contributed by atoms with van der Waals surface area (Å²) in [7, 11) is 0. The van der Waals surface area contributed by atoms with Gasteiger partial charge >= 0.3 is 6.09 Å². The standard InChI is InChI=1S/C22H25N3O4/c26-21(24-29)5-3-1-2-4-14-25(22(27)28)19-10-8-16(9-11-19)18-7-6-17-12-13-23-20(17)15-18/h6-13,15,23,29H,1-5,14H2,(H,24,26)(H,27,28). The van der Waals surface area contributed by atoms with Crippen LogP contribution in [0.2, 0.25) is 0 Å². The van der Waals surface area contributed by atoms with E-state index in [0.717, 1.165) is 34.9 Å². The number of carbonyl (C=O) groups is 2. The van der Waals surface area contributed by atoms with Crippen LogP contribution >= 0.6 is 0 Å². The summed E-state index contributed by atoms with van der Waals surface area (Å²) < 4.78 is 0. The molecule has 0 aliphatic carbocycles. The molecule has 2 aromatic carbocycles. The first-order valence-electron chi connectivity index (χ1n) is 9.69. The summed E-state index contributed by atoms with van der Waals surface area (Å²) in [5.41, 5.74) is 5.41. The quantitative estimate of drug-likeness (QED) is 0.238. The number of fused-ring (bicyclic) bond motifs is 1. The molecule has 4 N–H and O–H groups in total. The number of amides is 2. The Morgan fingerprint density at radius 2 is 1.66 bits per heavy atom. The van der Waals surface area contributed by atoms with Crippen LogP contribution in [0.4, 0.5) is 10.5 Å². The second kappa shape index (κ2) is 9.75. The lowest BCUT2D eigenvalue weighted by Crippen LogP contribution is -2.30. The number of hydrogen-bond acceptors (Lipinski definition) is 3. The molecule has 0 spiro atoms. The summed E-state index contributed by atoms with van der Waals surface area (Å²) in [4.78, 5) is 27.2. The van der Waals surface area contributed by atoms with Crippen LogP contribution in [0.15, 0.2) is 54.7 Å². The smallest absolute Gasteiger partial charge is 0.411 e. The van der Waals surface area contributed by atoms with Gasteiger partial charge in [0.05, 0.1) is 0 Å². The second-order valence-electron chi connectivity index (χ2n) is 6.96. The highest BCUT2D eigenvalue weighted by atomic mass is 16.5. The highest BCUT2D eigenvalue weighted by molar-refractivity contribution is 5.87. The molecule has 0 aliphatic heterocycles. The second-order valence-corrected chi connectivity index (χ2v) is 6.96. The topological polar surface area (TPSA) is 106 Å². The minimum absolute atomic E-state index is 0.273. The van der Waals surface area contributed by atoms with Crippen LogP contribution in [0.1, 0.15) is 32.1 Å². The minimum Gasteiger partial charge on any atom is -0.465 e. The zero-order valence-corrected chi connectivity index (χ0v) is 16.1. The van der Waals surface area contributed by atoms with Crippen LogP contribution < -0.4 is 10.4 Å². The molecule has 0 saturated heterocycles. The summed E-state index contributed by atoms with van der Waals surface area (Å²) in [6.07, 6.45) is 4.19. The van der Waals surface area contributed by atoms with Gasteiger partial charge in [-0.2, -0.15) is 0 Å². The van der Waals surface area contributed by atoms with Crippen molar-refractivity contribution < 1.29 is 19.9 Å². The first-order chi connectivity index (χ1) is 14.1. The van der Waals surface area contributed by atoms with E-state index in [1.54, 1.807) is 5.48 Å². The SMILES string of the molecule is O=C(CCCCCCN(C(=O)O)c1ccc(-c2ccc3cc[nH]c3c2)cc1)NO. The molecular weight excluding hydrogens is 370 g/mol. The van der Waals surface area contributed by atoms with Crippen LogP contribution in [0.5, 0.6) is 0 Å². The molecule has 3 rings (SSSR count). The molecule has 0 saturated carbocycles. The van der Waals surface area contributed by atoms with E-state index in [2.05, 4.69) is 23.2 Å². The predicted molar refractivity (Wildman–Crippen MR) is 112 cm³/mol. The number of unbranched alkanes of at least 4 members (excludes halogenated alkanes) is 3. The number of hydroxylamine groups is 1. The van der Waals surface area contributed by atoms with Crippen molar-refractivity contribution in [2.75, 3.05) is 11.4 Å². The maximum atomic E-state index is 11.7. The summed E-state index contributed by atoms with van der Waals surface area (Å²) in [5.74, 6) is -0.396. The number of nitrogens with one attached hydrogen (secondary N) is 2. The Labute approximate surface area is 168 Å². The lowest BCUT2D eigenvalue weighted by atomic mass is 10.0. The molecular formula is C22H25N3O4. The lowest BCUT2D eigenvalue weighted by molar-refractivity contribution is -0.129. The van der Waals surface area contributed by atoms with Crippen molar-refractivity contribution in [2.24, 2.45) is 0 Å². The van der Waals surface area contributed by atoms with E-state index in [0.29, 0.717) is 25.1 Å². The Balaban J connectivity index is 1.58. The van der Waals surface area contributed by atoms with Crippen molar-refractivity contribution in [3.8, 4) is 11.1 Å². The van der Waals surface area contributed by atoms with Crippen LogP contribution in [0.25, 0.3) is 22.0 Å². The van der Waals surface area contributed by atoms with Crippen LogP contribution in [-0.2, 0) is 4.79 Å². The fraction of sp³-hybridized carbons (Fsp3) is 0.273. The number of benzene rings is 2. The zero-order chi connectivity index (χ0) is 20.6. The minimum atomic E-state index is -0.981. The maximum absolute atomic E-state index is 11.7. The Kier molecular flexibility index (Phi) is 6.86. The number of hydrogen-bond donors (Lipinski definition) is 4. The van der Waals surface area contributed by atoms with E-state index in [1.165, 1.54) is 4.90 Å². The molecule has 2 amide bonds. The average molecular weight is 395 g/mol. The molecule has 7 nitrogen and oxygen atoms in total. The van der Waals surface area contributed by atoms with Gasteiger partial charge in [-0.25, -0.2) is 10.3 Å². The van der Waals surface area contributed by atoms with Gasteiger partial charge in [0.2, 0.25) is 5.91 Å². The van der Waals surface area contributed by atoms with Gasteiger partial charge in [0, 0.05) is 30.4 Å². The number of rotatable bonds is 9. The summed E-state index contributed by atoms with van der Waals surface area (Å²) in [6.45, 7) is 0.398. The van der Waals surface area contributed by atoms with Gasteiger partial charge < -0.3 is 10.1 Å². The van der Waals surface area contributed by atoms with Crippen molar-refractivity contribution in [2.45, 2.75) is 32.1 Å². The van der Waals surface area contributed by atoms with E-state index in [9.17, 15) is 14.7 Å². The van der Waals surface area contributed by atoms with Crippen LogP contribution in [0.3, 0.4) is 0 Å². The fourth-order valence-electron chi connectivity index (χ4n) is 3.36. The number of anilines is 1. The Morgan fingerprint density at radius 1 is 0.931 bits per heavy atom. The molecule has 7 heteroatoms. The fourth-order valence-corrected chi connectivity index (χ4v) is 3.36. The lowest BCUT2D eigenvalue weighted by Gasteiger charge is -2.19. The van der Waals surface area contributed by atoms with E-state index < -0.39 is 12.0 Å². The molecule has 152 valence electrons. The van der Waals surface area contributed by atoms with Crippen molar-refractivity contribution >= 4 is 28.6 Å². The molecule has 1 heterocycles. The number of nitrogens with zero attached hydrogens (tertiary/aromatic N) is 1. The van der Waals surface area contributed by atoms with Crippen molar-refractivity contribution in [3.63, 3.8) is 0 Å². The highest BCUT2D eigenvalue weighted by Crippen LogP contribution is 2.26. The monoisotopic (exact) mass is 395 g/mol. The molecule has 1 aromatic heterocycles. The summed E-state index contributed by atoms with van der Waals surface area (Å²) >= 11 is 0. The largest absolute Gasteiger partial charge is 0.465 e. The van der Waals surface area contributed by atoms with Gasteiger partial charge in [0.1, 0.15) is 0 Å². The third-order valence-electron chi connectivity index (χ3n) is 4.96. The predicted octanol–water partition coefficient (Wildman–Crippen LogP) is 4.78. The Bertz CT molecular complexity index is 966. The van der Waals surface area contributed by atoms with Gasteiger partial charge in [-0.15, -0.1) is 0 Å². The Morgan fingerprint density at radius 3 is 2.38 bits per heavy atom. The molecule has 0 aliphatic rings. The van der Waals surface area contributed by atoms with Gasteiger partial charge in [0.25, 0.3) is 0 Å². The van der Waals surface area contributed by atoms with Crippen LogP contribution in [0, 0.1) is 0 Å². The number of carboxylic acid groups (broad SMARTS) is 1. The maximum Gasteiger partial charge on any atom is 0.411 e. The number of aromatic nitrogens is 1. The molecule has 29 heavy (non-hydrogen) atoms. The van der Waals surface area contributed by atoms with Gasteiger partial charge in [-0.05, 0) is 53.6 Å². The highest BCUT2D eigenvalue weighted by Gasteiger charge is 2.14. The number of H-pyrrole nitrogens is 1. The summed E-state index contributed by atoms with van der Waals surface area (Å²) in [6, 6.07) is 15.7.